The van der Waals surface area contributed by atoms with Gasteiger partial charge < -0.3 is 10.6 Å². The van der Waals surface area contributed by atoms with Crippen LogP contribution in [0.2, 0.25) is 0 Å². The first-order valence-electron chi connectivity index (χ1n) is 5.80. The third kappa shape index (κ3) is 2.56. The summed E-state index contributed by atoms with van der Waals surface area (Å²) in [4.78, 5) is 2.25. The molecule has 5 heteroatoms. The fraction of sp³-hybridized carbons (Fsp3) is 0.143. The van der Waals surface area contributed by atoms with Gasteiger partial charge in [-0.2, -0.15) is 0 Å². The third-order valence-electron chi connectivity index (χ3n) is 2.81. The van der Waals surface area contributed by atoms with Crippen LogP contribution in [-0.4, -0.2) is 22.5 Å². The van der Waals surface area contributed by atoms with Crippen molar-refractivity contribution in [1.82, 2.24) is 0 Å². The SMILES string of the molecule is CN(C)c1ccc(N)cc1S(=O)(=O)c1ccccc1. The van der Waals surface area contributed by atoms with E-state index in [9.17, 15) is 8.42 Å². The first-order valence-corrected chi connectivity index (χ1v) is 7.28. The highest BCUT2D eigenvalue weighted by atomic mass is 32.2. The predicted octanol–water partition coefficient (Wildman–Crippen LogP) is 2.17. The molecule has 0 aliphatic heterocycles. The van der Waals surface area contributed by atoms with Crippen molar-refractivity contribution in [2.24, 2.45) is 0 Å². The number of nitrogens with zero attached hydrogens (tertiary/aromatic N) is 1. The number of hydrogen-bond donors (Lipinski definition) is 1. The van der Waals surface area contributed by atoms with E-state index in [1.807, 2.05) is 0 Å². The van der Waals surface area contributed by atoms with Crippen molar-refractivity contribution in [2.45, 2.75) is 9.79 Å². The van der Waals surface area contributed by atoms with E-state index in [1.165, 1.54) is 6.07 Å². The molecular weight excluding hydrogens is 260 g/mol. The van der Waals surface area contributed by atoms with E-state index in [-0.39, 0.29) is 9.79 Å². The van der Waals surface area contributed by atoms with Gasteiger partial charge in [0, 0.05) is 19.8 Å². The number of hydrogen-bond acceptors (Lipinski definition) is 4. The van der Waals surface area contributed by atoms with Crippen molar-refractivity contribution in [3.05, 3.63) is 48.5 Å². The molecule has 2 aromatic rings. The van der Waals surface area contributed by atoms with Crippen LogP contribution in [0.15, 0.2) is 58.3 Å². The van der Waals surface area contributed by atoms with Gasteiger partial charge in [0.25, 0.3) is 0 Å². The Labute approximate surface area is 113 Å². The second-order valence-corrected chi connectivity index (χ2v) is 6.36. The summed E-state index contributed by atoms with van der Waals surface area (Å²) in [5.41, 5.74) is 6.77. The average Bonchev–Trinajstić information content (AvgIpc) is 2.39. The minimum atomic E-state index is -3.56. The number of nitrogen functional groups attached to an aromatic ring is 1. The summed E-state index contributed by atoms with van der Waals surface area (Å²) < 4.78 is 25.3. The van der Waals surface area contributed by atoms with E-state index in [1.54, 1.807) is 61.5 Å². The average molecular weight is 276 g/mol. The number of nitrogens with two attached hydrogens (primary N) is 1. The molecule has 0 amide bonds. The summed E-state index contributed by atoms with van der Waals surface area (Å²) in [7, 11) is 0.0434. The van der Waals surface area contributed by atoms with E-state index in [4.69, 9.17) is 5.73 Å². The van der Waals surface area contributed by atoms with Crippen LogP contribution >= 0.6 is 0 Å². The van der Waals surface area contributed by atoms with Gasteiger partial charge in [0.15, 0.2) is 0 Å². The number of sulfone groups is 1. The first kappa shape index (κ1) is 13.4. The van der Waals surface area contributed by atoms with Gasteiger partial charge in [-0.15, -0.1) is 0 Å². The molecule has 0 saturated carbocycles. The number of rotatable bonds is 3. The molecule has 2 aromatic carbocycles. The van der Waals surface area contributed by atoms with E-state index in [0.29, 0.717) is 11.4 Å². The molecule has 0 aliphatic carbocycles. The second-order valence-electron chi connectivity index (χ2n) is 4.44. The zero-order valence-corrected chi connectivity index (χ0v) is 11.7. The molecule has 0 saturated heterocycles. The summed E-state index contributed by atoms with van der Waals surface area (Å²) in [5.74, 6) is 0. The van der Waals surface area contributed by atoms with Crippen molar-refractivity contribution in [2.75, 3.05) is 24.7 Å². The van der Waals surface area contributed by atoms with Crippen LogP contribution in [0.25, 0.3) is 0 Å². The highest BCUT2D eigenvalue weighted by molar-refractivity contribution is 7.91. The Morgan fingerprint density at radius 2 is 1.63 bits per heavy atom. The Morgan fingerprint density at radius 3 is 2.21 bits per heavy atom. The fourth-order valence-electron chi connectivity index (χ4n) is 1.84. The molecule has 0 aliphatic rings. The number of anilines is 2. The highest BCUT2D eigenvalue weighted by Gasteiger charge is 2.22. The molecule has 0 radical (unpaired) electrons. The maximum absolute atomic E-state index is 12.6. The van der Waals surface area contributed by atoms with Crippen LogP contribution in [0.4, 0.5) is 11.4 Å². The van der Waals surface area contributed by atoms with Crippen LogP contribution in [0, 0.1) is 0 Å². The zero-order chi connectivity index (χ0) is 14.0. The lowest BCUT2D eigenvalue weighted by molar-refractivity contribution is 0.596. The molecule has 0 atom stereocenters. The van der Waals surface area contributed by atoms with Crippen LogP contribution in [0.3, 0.4) is 0 Å². The van der Waals surface area contributed by atoms with Gasteiger partial charge in [-0.25, -0.2) is 8.42 Å². The van der Waals surface area contributed by atoms with Crippen LogP contribution in [0.5, 0.6) is 0 Å². The van der Waals surface area contributed by atoms with E-state index >= 15 is 0 Å². The van der Waals surface area contributed by atoms with Gasteiger partial charge in [-0.1, -0.05) is 18.2 Å². The molecule has 0 aromatic heterocycles. The summed E-state index contributed by atoms with van der Waals surface area (Å²) in [5, 5.41) is 0. The summed E-state index contributed by atoms with van der Waals surface area (Å²) in [6, 6.07) is 13.3. The minimum Gasteiger partial charge on any atom is -0.399 e. The van der Waals surface area contributed by atoms with Gasteiger partial charge in [-0.05, 0) is 30.3 Å². The van der Waals surface area contributed by atoms with Gasteiger partial charge in [0.05, 0.1) is 15.5 Å². The van der Waals surface area contributed by atoms with E-state index in [0.717, 1.165) is 0 Å². The Kier molecular flexibility index (Phi) is 3.48. The molecule has 0 heterocycles. The van der Waals surface area contributed by atoms with E-state index < -0.39 is 9.84 Å². The monoisotopic (exact) mass is 276 g/mol. The standard InChI is InChI=1S/C14H16N2O2S/c1-16(2)13-9-8-11(15)10-14(13)19(17,18)12-6-4-3-5-7-12/h3-10H,15H2,1-2H3. The lowest BCUT2D eigenvalue weighted by atomic mass is 10.3. The Bertz CT molecular complexity index is 680. The molecule has 0 spiro atoms. The van der Waals surface area contributed by atoms with Crippen molar-refractivity contribution < 1.29 is 8.42 Å². The Hall–Kier alpha value is -2.01. The maximum atomic E-state index is 12.6. The lowest BCUT2D eigenvalue weighted by Gasteiger charge is -2.18. The molecule has 4 nitrogen and oxygen atoms in total. The quantitative estimate of drug-likeness (QED) is 0.873. The van der Waals surface area contributed by atoms with E-state index in [2.05, 4.69) is 0 Å². The van der Waals surface area contributed by atoms with Crippen molar-refractivity contribution in [3.63, 3.8) is 0 Å². The smallest absolute Gasteiger partial charge is 0.208 e. The molecule has 0 unspecified atom stereocenters. The van der Waals surface area contributed by atoms with Crippen molar-refractivity contribution in [1.29, 1.82) is 0 Å². The third-order valence-corrected chi connectivity index (χ3v) is 4.61. The molecule has 0 bridgehead atoms. The summed E-state index contributed by atoms with van der Waals surface area (Å²) in [6.45, 7) is 0. The van der Waals surface area contributed by atoms with Crippen LogP contribution in [0.1, 0.15) is 0 Å². The zero-order valence-electron chi connectivity index (χ0n) is 10.9. The largest absolute Gasteiger partial charge is 0.399 e. The van der Waals surface area contributed by atoms with Crippen molar-refractivity contribution >= 4 is 21.2 Å². The Balaban J connectivity index is 2.68. The van der Waals surface area contributed by atoms with Crippen molar-refractivity contribution in [3.8, 4) is 0 Å². The molecular formula is C14H16N2O2S. The molecule has 100 valence electrons. The van der Waals surface area contributed by atoms with Gasteiger partial charge in [0.2, 0.25) is 9.84 Å². The first-order chi connectivity index (χ1) is 8.93. The fourth-order valence-corrected chi connectivity index (χ4v) is 3.43. The van der Waals surface area contributed by atoms with Crippen LogP contribution in [-0.2, 0) is 9.84 Å². The molecule has 2 N–H and O–H groups in total. The molecule has 0 fully saturated rings. The maximum Gasteiger partial charge on any atom is 0.208 e. The van der Waals surface area contributed by atoms with Gasteiger partial charge in [0.1, 0.15) is 0 Å². The minimum absolute atomic E-state index is 0.226. The molecule has 2 rings (SSSR count). The van der Waals surface area contributed by atoms with Gasteiger partial charge >= 0.3 is 0 Å². The topological polar surface area (TPSA) is 63.4 Å². The second kappa shape index (κ2) is 4.93. The molecule has 19 heavy (non-hydrogen) atoms. The normalized spacial score (nSPS) is 11.3. The number of benzene rings is 2. The lowest BCUT2D eigenvalue weighted by Crippen LogP contribution is -2.14. The predicted molar refractivity (Wildman–Crippen MR) is 77.1 cm³/mol. The Morgan fingerprint density at radius 1 is 1.00 bits per heavy atom. The van der Waals surface area contributed by atoms with Gasteiger partial charge in [-0.3, -0.25) is 0 Å². The highest BCUT2D eigenvalue weighted by Crippen LogP contribution is 2.30. The summed E-state index contributed by atoms with van der Waals surface area (Å²) >= 11 is 0. The van der Waals surface area contributed by atoms with Crippen LogP contribution < -0.4 is 10.6 Å². The summed E-state index contributed by atoms with van der Waals surface area (Å²) in [6.07, 6.45) is 0.